The highest BCUT2D eigenvalue weighted by molar-refractivity contribution is 5.16. The van der Waals surface area contributed by atoms with Crippen molar-refractivity contribution >= 4 is 0 Å². The SMILES string of the molecule is COCC(C)(C)NCc1cncc(C)c1. The van der Waals surface area contributed by atoms with E-state index in [1.807, 2.05) is 12.4 Å². The van der Waals surface area contributed by atoms with Crippen molar-refractivity contribution in [2.24, 2.45) is 0 Å². The van der Waals surface area contributed by atoms with Crippen molar-refractivity contribution in [1.29, 1.82) is 0 Å². The van der Waals surface area contributed by atoms with E-state index in [2.05, 4.69) is 37.1 Å². The molecule has 0 fully saturated rings. The minimum Gasteiger partial charge on any atom is -0.383 e. The Morgan fingerprint density at radius 1 is 1.40 bits per heavy atom. The molecule has 0 spiro atoms. The highest BCUT2D eigenvalue weighted by Gasteiger charge is 2.15. The van der Waals surface area contributed by atoms with E-state index in [4.69, 9.17) is 4.74 Å². The molecule has 0 aliphatic rings. The van der Waals surface area contributed by atoms with E-state index >= 15 is 0 Å². The average molecular weight is 208 g/mol. The molecule has 0 aromatic carbocycles. The zero-order chi connectivity index (χ0) is 11.3. The molecule has 1 N–H and O–H groups in total. The van der Waals surface area contributed by atoms with Crippen LogP contribution in [-0.2, 0) is 11.3 Å². The summed E-state index contributed by atoms with van der Waals surface area (Å²) in [6, 6.07) is 2.14. The summed E-state index contributed by atoms with van der Waals surface area (Å²) >= 11 is 0. The molecule has 0 aliphatic carbocycles. The van der Waals surface area contributed by atoms with Gasteiger partial charge in [-0.15, -0.1) is 0 Å². The first-order chi connectivity index (χ1) is 7.03. The van der Waals surface area contributed by atoms with Gasteiger partial charge in [0, 0.05) is 31.6 Å². The number of hydrogen-bond acceptors (Lipinski definition) is 3. The number of aromatic nitrogens is 1. The molecule has 0 unspecified atom stereocenters. The first kappa shape index (κ1) is 12.1. The molecule has 1 rings (SSSR count). The van der Waals surface area contributed by atoms with E-state index in [0.29, 0.717) is 6.61 Å². The van der Waals surface area contributed by atoms with Gasteiger partial charge in [0.1, 0.15) is 0 Å². The summed E-state index contributed by atoms with van der Waals surface area (Å²) in [7, 11) is 1.72. The number of nitrogens with zero attached hydrogens (tertiary/aromatic N) is 1. The summed E-state index contributed by atoms with van der Waals surface area (Å²) < 4.78 is 5.14. The van der Waals surface area contributed by atoms with E-state index in [-0.39, 0.29) is 5.54 Å². The topological polar surface area (TPSA) is 34.1 Å². The molecule has 0 aliphatic heterocycles. The van der Waals surface area contributed by atoms with Gasteiger partial charge in [-0.3, -0.25) is 4.98 Å². The highest BCUT2D eigenvalue weighted by atomic mass is 16.5. The van der Waals surface area contributed by atoms with E-state index in [9.17, 15) is 0 Å². The number of aryl methyl sites for hydroxylation is 1. The van der Waals surface area contributed by atoms with Crippen LogP contribution < -0.4 is 5.32 Å². The largest absolute Gasteiger partial charge is 0.383 e. The number of rotatable bonds is 5. The quantitative estimate of drug-likeness (QED) is 0.802. The maximum atomic E-state index is 5.14. The third-order valence-electron chi connectivity index (χ3n) is 2.21. The lowest BCUT2D eigenvalue weighted by molar-refractivity contribution is 0.127. The zero-order valence-electron chi connectivity index (χ0n) is 10.0. The van der Waals surface area contributed by atoms with Crippen molar-refractivity contribution in [3.8, 4) is 0 Å². The molecule has 0 saturated heterocycles. The van der Waals surface area contributed by atoms with Gasteiger partial charge >= 0.3 is 0 Å². The van der Waals surface area contributed by atoms with E-state index in [1.165, 1.54) is 11.1 Å². The normalized spacial score (nSPS) is 11.7. The van der Waals surface area contributed by atoms with Gasteiger partial charge in [-0.2, -0.15) is 0 Å². The molecular formula is C12H20N2O. The van der Waals surface area contributed by atoms with E-state index in [0.717, 1.165) is 6.54 Å². The Morgan fingerprint density at radius 3 is 2.73 bits per heavy atom. The van der Waals surface area contributed by atoms with Crippen LogP contribution in [0.15, 0.2) is 18.5 Å². The van der Waals surface area contributed by atoms with Crippen molar-refractivity contribution in [2.75, 3.05) is 13.7 Å². The third kappa shape index (κ3) is 4.40. The van der Waals surface area contributed by atoms with Gasteiger partial charge in [0.15, 0.2) is 0 Å². The minimum absolute atomic E-state index is 0.00149. The van der Waals surface area contributed by atoms with Crippen LogP contribution in [0.3, 0.4) is 0 Å². The van der Waals surface area contributed by atoms with Crippen LogP contribution in [0.25, 0.3) is 0 Å². The first-order valence-electron chi connectivity index (χ1n) is 5.18. The van der Waals surface area contributed by atoms with Crippen molar-refractivity contribution < 1.29 is 4.74 Å². The van der Waals surface area contributed by atoms with Crippen LogP contribution in [-0.4, -0.2) is 24.2 Å². The number of pyridine rings is 1. The molecule has 1 aromatic rings. The Bertz CT molecular complexity index is 310. The molecule has 0 radical (unpaired) electrons. The van der Waals surface area contributed by atoms with Crippen LogP contribution in [0.4, 0.5) is 0 Å². The second kappa shape index (κ2) is 5.24. The Morgan fingerprint density at radius 2 is 2.13 bits per heavy atom. The number of nitrogens with one attached hydrogen (secondary N) is 1. The predicted molar refractivity (Wildman–Crippen MR) is 61.8 cm³/mol. The Hall–Kier alpha value is -0.930. The van der Waals surface area contributed by atoms with E-state index < -0.39 is 0 Å². The molecule has 1 aromatic heterocycles. The van der Waals surface area contributed by atoms with Crippen LogP contribution in [0.2, 0.25) is 0 Å². The second-order valence-electron chi connectivity index (χ2n) is 4.54. The third-order valence-corrected chi connectivity index (χ3v) is 2.21. The summed E-state index contributed by atoms with van der Waals surface area (Å²) in [6.45, 7) is 7.83. The fraction of sp³-hybridized carbons (Fsp3) is 0.583. The van der Waals surface area contributed by atoms with Gasteiger partial charge in [-0.1, -0.05) is 6.07 Å². The molecule has 3 nitrogen and oxygen atoms in total. The van der Waals surface area contributed by atoms with Gasteiger partial charge in [-0.25, -0.2) is 0 Å². The van der Waals surface area contributed by atoms with Gasteiger partial charge in [-0.05, 0) is 31.9 Å². The molecule has 0 atom stereocenters. The average Bonchev–Trinajstić information content (AvgIpc) is 2.15. The van der Waals surface area contributed by atoms with Crippen molar-refractivity contribution in [1.82, 2.24) is 10.3 Å². The Labute approximate surface area is 91.9 Å². The number of ether oxygens (including phenoxy) is 1. The van der Waals surface area contributed by atoms with E-state index in [1.54, 1.807) is 7.11 Å². The number of hydrogen-bond donors (Lipinski definition) is 1. The molecular weight excluding hydrogens is 188 g/mol. The lowest BCUT2D eigenvalue weighted by atomic mass is 10.1. The summed E-state index contributed by atoms with van der Waals surface area (Å²) in [4.78, 5) is 4.16. The molecule has 0 saturated carbocycles. The Balaban J connectivity index is 2.49. The van der Waals surface area contributed by atoms with Gasteiger partial charge in [0.25, 0.3) is 0 Å². The molecule has 1 heterocycles. The summed E-state index contributed by atoms with van der Waals surface area (Å²) in [5.74, 6) is 0. The molecule has 0 bridgehead atoms. The van der Waals surface area contributed by atoms with Crippen molar-refractivity contribution in [2.45, 2.75) is 32.9 Å². The minimum atomic E-state index is -0.00149. The summed E-state index contributed by atoms with van der Waals surface area (Å²) in [5.41, 5.74) is 2.40. The van der Waals surface area contributed by atoms with Crippen LogP contribution in [0, 0.1) is 6.92 Å². The highest BCUT2D eigenvalue weighted by Crippen LogP contribution is 2.06. The molecule has 3 heteroatoms. The fourth-order valence-corrected chi connectivity index (χ4v) is 1.47. The van der Waals surface area contributed by atoms with Crippen molar-refractivity contribution in [3.05, 3.63) is 29.6 Å². The van der Waals surface area contributed by atoms with Gasteiger partial charge in [0.05, 0.1) is 6.61 Å². The van der Waals surface area contributed by atoms with Gasteiger partial charge < -0.3 is 10.1 Å². The lowest BCUT2D eigenvalue weighted by Gasteiger charge is -2.25. The molecule has 0 amide bonds. The summed E-state index contributed by atoms with van der Waals surface area (Å²) in [5, 5.41) is 3.44. The molecule has 84 valence electrons. The maximum Gasteiger partial charge on any atom is 0.0639 e. The van der Waals surface area contributed by atoms with Crippen molar-refractivity contribution in [3.63, 3.8) is 0 Å². The van der Waals surface area contributed by atoms with Crippen LogP contribution >= 0.6 is 0 Å². The fourth-order valence-electron chi connectivity index (χ4n) is 1.47. The van der Waals surface area contributed by atoms with Gasteiger partial charge in [0.2, 0.25) is 0 Å². The molecule has 15 heavy (non-hydrogen) atoms. The summed E-state index contributed by atoms with van der Waals surface area (Å²) in [6.07, 6.45) is 3.76. The first-order valence-corrected chi connectivity index (χ1v) is 5.18. The Kier molecular flexibility index (Phi) is 4.24. The maximum absolute atomic E-state index is 5.14. The van der Waals surface area contributed by atoms with Crippen LogP contribution in [0.5, 0.6) is 0 Å². The monoisotopic (exact) mass is 208 g/mol. The lowest BCUT2D eigenvalue weighted by Crippen LogP contribution is -2.42. The predicted octanol–water partition coefficient (Wildman–Crippen LogP) is 1.90. The standard InChI is InChI=1S/C12H20N2O/c1-10-5-11(7-13-6-10)8-14-12(2,3)9-15-4/h5-7,14H,8-9H2,1-4H3. The smallest absolute Gasteiger partial charge is 0.0639 e. The van der Waals surface area contributed by atoms with Crippen LogP contribution in [0.1, 0.15) is 25.0 Å². The second-order valence-corrected chi connectivity index (χ2v) is 4.54. The zero-order valence-corrected chi connectivity index (χ0v) is 10.0. The number of methoxy groups -OCH3 is 1.